The summed E-state index contributed by atoms with van der Waals surface area (Å²) < 4.78 is 23.6. The van der Waals surface area contributed by atoms with Crippen LogP contribution in [0, 0.1) is 0 Å². The molecule has 25 heavy (non-hydrogen) atoms. The molecule has 0 aliphatic carbocycles. The average Bonchev–Trinajstić information content (AvgIpc) is 2.61. The Morgan fingerprint density at radius 2 is 0.720 bits per heavy atom. The van der Waals surface area contributed by atoms with Gasteiger partial charge in [-0.1, -0.05) is 53.4 Å². The van der Waals surface area contributed by atoms with Crippen molar-refractivity contribution in [3.8, 4) is 0 Å². The summed E-state index contributed by atoms with van der Waals surface area (Å²) in [4.78, 5) is 0. The van der Waals surface area contributed by atoms with Gasteiger partial charge in [0.2, 0.25) is 0 Å². The van der Waals surface area contributed by atoms with Gasteiger partial charge in [0.15, 0.2) is 12.6 Å². The van der Waals surface area contributed by atoms with Crippen LogP contribution in [-0.2, 0) is 18.9 Å². The van der Waals surface area contributed by atoms with Crippen LogP contribution in [0.2, 0.25) is 0 Å². The number of hydrogen-bond donors (Lipinski definition) is 0. The molecule has 0 aliphatic heterocycles. The first-order valence-corrected chi connectivity index (χ1v) is 10.7. The summed E-state index contributed by atoms with van der Waals surface area (Å²) in [6.07, 6.45) is 11.7. The maximum absolute atomic E-state index is 5.90. The van der Waals surface area contributed by atoms with E-state index in [0.717, 1.165) is 97.1 Å². The van der Waals surface area contributed by atoms with Crippen LogP contribution in [0.5, 0.6) is 0 Å². The van der Waals surface area contributed by atoms with E-state index in [0.29, 0.717) is 0 Å². The van der Waals surface area contributed by atoms with Crippen LogP contribution in [0.25, 0.3) is 0 Å². The smallest absolute Gasteiger partial charge is 0.157 e. The summed E-state index contributed by atoms with van der Waals surface area (Å²) in [5.41, 5.74) is 0. The lowest BCUT2D eigenvalue weighted by Gasteiger charge is -2.21. The fraction of sp³-hybridized carbons (Fsp3) is 1.00. The Balaban J connectivity index is 4.13. The first-order valence-electron chi connectivity index (χ1n) is 10.7. The molecule has 0 aromatic carbocycles. The summed E-state index contributed by atoms with van der Waals surface area (Å²) in [6, 6.07) is 0. The first kappa shape index (κ1) is 24.8. The zero-order valence-corrected chi connectivity index (χ0v) is 17.4. The van der Waals surface area contributed by atoms with Crippen molar-refractivity contribution in [2.75, 3.05) is 26.4 Å². The summed E-state index contributed by atoms with van der Waals surface area (Å²) in [6.45, 7) is 11.9. The van der Waals surface area contributed by atoms with E-state index >= 15 is 0 Å². The highest BCUT2D eigenvalue weighted by molar-refractivity contribution is 4.53. The third kappa shape index (κ3) is 17.0. The van der Waals surface area contributed by atoms with Gasteiger partial charge in [-0.2, -0.15) is 0 Å². The molecule has 0 radical (unpaired) electrons. The van der Waals surface area contributed by atoms with Crippen molar-refractivity contribution in [2.24, 2.45) is 0 Å². The molecule has 152 valence electrons. The Kier molecular flexibility index (Phi) is 20.0. The second-order valence-electron chi connectivity index (χ2n) is 6.69. The van der Waals surface area contributed by atoms with E-state index in [9.17, 15) is 0 Å². The molecule has 0 saturated heterocycles. The lowest BCUT2D eigenvalue weighted by atomic mass is 10.2. The maximum atomic E-state index is 5.90. The third-order valence-electron chi connectivity index (χ3n) is 4.09. The van der Waals surface area contributed by atoms with E-state index in [2.05, 4.69) is 27.7 Å². The Morgan fingerprint density at radius 3 is 0.960 bits per heavy atom. The fourth-order valence-corrected chi connectivity index (χ4v) is 2.32. The second kappa shape index (κ2) is 20.2. The van der Waals surface area contributed by atoms with Crippen LogP contribution in [0.4, 0.5) is 0 Å². The SMILES string of the molecule is CCCCOC(CCCC(OCCCC)OCCCC)OCCCC. The molecule has 4 nitrogen and oxygen atoms in total. The fourth-order valence-electron chi connectivity index (χ4n) is 2.32. The molecule has 0 heterocycles. The van der Waals surface area contributed by atoms with Crippen molar-refractivity contribution in [1.82, 2.24) is 0 Å². The Hall–Kier alpha value is -0.160. The monoisotopic (exact) mass is 360 g/mol. The highest BCUT2D eigenvalue weighted by Crippen LogP contribution is 2.14. The molecule has 0 bridgehead atoms. The van der Waals surface area contributed by atoms with E-state index < -0.39 is 0 Å². The van der Waals surface area contributed by atoms with Crippen LogP contribution in [0.1, 0.15) is 98.3 Å². The van der Waals surface area contributed by atoms with Crippen LogP contribution in [-0.4, -0.2) is 39.0 Å². The van der Waals surface area contributed by atoms with E-state index in [1.165, 1.54) is 0 Å². The first-order chi connectivity index (χ1) is 12.3. The molecule has 0 spiro atoms. The molecule has 0 rings (SSSR count). The Labute approximate surface area is 156 Å². The summed E-state index contributed by atoms with van der Waals surface area (Å²) in [5, 5.41) is 0. The van der Waals surface area contributed by atoms with Crippen LogP contribution < -0.4 is 0 Å². The summed E-state index contributed by atoms with van der Waals surface area (Å²) in [5.74, 6) is 0. The molecule has 0 aromatic heterocycles. The molecule has 0 saturated carbocycles. The molecule has 0 aliphatic rings. The van der Waals surface area contributed by atoms with E-state index in [1.54, 1.807) is 0 Å². The molecule has 0 unspecified atom stereocenters. The van der Waals surface area contributed by atoms with Gasteiger partial charge in [0.05, 0.1) is 0 Å². The largest absolute Gasteiger partial charge is 0.353 e. The predicted octanol–water partition coefficient (Wildman–Crippen LogP) is 6.08. The van der Waals surface area contributed by atoms with Gasteiger partial charge in [-0.3, -0.25) is 0 Å². The minimum absolute atomic E-state index is 0.0787. The lowest BCUT2D eigenvalue weighted by molar-refractivity contribution is -0.162. The van der Waals surface area contributed by atoms with E-state index in [-0.39, 0.29) is 12.6 Å². The topological polar surface area (TPSA) is 36.9 Å². The highest BCUT2D eigenvalue weighted by atomic mass is 16.7. The van der Waals surface area contributed by atoms with E-state index in [1.807, 2.05) is 0 Å². The van der Waals surface area contributed by atoms with Crippen LogP contribution in [0.3, 0.4) is 0 Å². The zero-order chi connectivity index (χ0) is 18.6. The molecule has 4 heteroatoms. The number of unbranched alkanes of at least 4 members (excludes halogenated alkanes) is 4. The zero-order valence-electron chi connectivity index (χ0n) is 17.4. The average molecular weight is 361 g/mol. The molecular formula is C21H44O4. The van der Waals surface area contributed by atoms with Gasteiger partial charge in [0.25, 0.3) is 0 Å². The quantitative estimate of drug-likeness (QED) is 0.195. The van der Waals surface area contributed by atoms with Crippen molar-refractivity contribution in [3.05, 3.63) is 0 Å². The molecule has 0 aromatic rings. The van der Waals surface area contributed by atoms with Gasteiger partial charge >= 0.3 is 0 Å². The van der Waals surface area contributed by atoms with Gasteiger partial charge in [-0.15, -0.1) is 0 Å². The van der Waals surface area contributed by atoms with Gasteiger partial charge in [0.1, 0.15) is 0 Å². The number of rotatable bonds is 20. The van der Waals surface area contributed by atoms with Crippen molar-refractivity contribution >= 4 is 0 Å². The van der Waals surface area contributed by atoms with E-state index in [4.69, 9.17) is 18.9 Å². The van der Waals surface area contributed by atoms with Gasteiger partial charge in [-0.05, 0) is 44.9 Å². The Morgan fingerprint density at radius 1 is 0.440 bits per heavy atom. The standard InChI is InChI=1S/C21H44O4/c1-5-9-16-22-20(23-17-10-6-2)14-13-15-21(24-18-11-7-3)25-19-12-8-4/h20-21H,5-19H2,1-4H3. The number of ether oxygens (including phenoxy) is 4. The second-order valence-corrected chi connectivity index (χ2v) is 6.69. The van der Waals surface area contributed by atoms with Gasteiger partial charge in [-0.25, -0.2) is 0 Å². The minimum Gasteiger partial charge on any atom is -0.353 e. The molecule has 0 amide bonds. The normalized spacial score (nSPS) is 11.8. The lowest BCUT2D eigenvalue weighted by Crippen LogP contribution is -2.22. The minimum atomic E-state index is -0.0787. The predicted molar refractivity (Wildman–Crippen MR) is 105 cm³/mol. The Bertz CT molecular complexity index is 204. The van der Waals surface area contributed by atoms with Crippen molar-refractivity contribution in [2.45, 2.75) is 111 Å². The molecule has 0 fully saturated rings. The third-order valence-corrected chi connectivity index (χ3v) is 4.09. The van der Waals surface area contributed by atoms with Gasteiger partial charge in [0, 0.05) is 26.4 Å². The van der Waals surface area contributed by atoms with Crippen LogP contribution >= 0.6 is 0 Å². The molecule has 0 N–H and O–H groups in total. The van der Waals surface area contributed by atoms with Crippen molar-refractivity contribution < 1.29 is 18.9 Å². The molecule has 0 atom stereocenters. The van der Waals surface area contributed by atoms with Crippen molar-refractivity contribution in [3.63, 3.8) is 0 Å². The highest BCUT2D eigenvalue weighted by Gasteiger charge is 2.13. The van der Waals surface area contributed by atoms with Gasteiger partial charge < -0.3 is 18.9 Å². The summed E-state index contributed by atoms with van der Waals surface area (Å²) >= 11 is 0. The number of hydrogen-bond acceptors (Lipinski definition) is 4. The van der Waals surface area contributed by atoms with Crippen LogP contribution in [0.15, 0.2) is 0 Å². The van der Waals surface area contributed by atoms with Crippen molar-refractivity contribution in [1.29, 1.82) is 0 Å². The summed E-state index contributed by atoms with van der Waals surface area (Å²) in [7, 11) is 0. The maximum Gasteiger partial charge on any atom is 0.157 e. The molecular weight excluding hydrogens is 316 g/mol.